The first-order chi connectivity index (χ1) is 9.85. The van der Waals surface area contributed by atoms with Gasteiger partial charge in [-0.3, -0.25) is 0 Å². The zero-order valence-electron chi connectivity index (χ0n) is 11.6. The van der Waals surface area contributed by atoms with Crippen LogP contribution in [0.5, 0.6) is 0 Å². The minimum Gasteiger partial charge on any atom is -0.317 e. The second kappa shape index (κ2) is 7.56. The second-order valence-corrected chi connectivity index (χ2v) is 4.98. The van der Waals surface area contributed by atoms with E-state index in [1.807, 2.05) is 30.5 Å². The third-order valence-electron chi connectivity index (χ3n) is 2.87. The summed E-state index contributed by atoms with van der Waals surface area (Å²) in [6.45, 7) is 4.49. The summed E-state index contributed by atoms with van der Waals surface area (Å²) in [5.74, 6) is 0. The van der Waals surface area contributed by atoms with Crippen molar-refractivity contribution in [2.24, 2.45) is 4.99 Å². The molecule has 0 N–H and O–H groups in total. The molecule has 2 aromatic carbocycles. The Morgan fingerprint density at radius 1 is 1.10 bits per heavy atom. The van der Waals surface area contributed by atoms with Gasteiger partial charge in [0.1, 0.15) is 0 Å². The van der Waals surface area contributed by atoms with E-state index in [2.05, 4.69) is 52.9 Å². The van der Waals surface area contributed by atoms with E-state index in [1.165, 1.54) is 5.56 Å². The molecule has 20 heavy (non-hydrogen) atoms. The highest BCUT2D eigenvalue weighted by Gasteiger charge is 2.12. The smallest absolute Gasteiger partial charge is 0.168 e. The van der Waals surface area contributed by atoms with Crippen molar-refractivity contribution in [1.82, 2.24) is 0 Å². The molecule has 0 aliphatic carbocycles. The number of amidine groups is 1. The van der Waals surface area contributed by atoms with E-state index in [-0.39, 0.29) is 0 Å². The van der Waals surface area contributed by atoms with E-state index in [9.17, 15) is 0 Å². The third-order valence-corrected chi connectivity index (χ3v) is 3.56. The van der Waals surface area contributed by atoms with Gasteiger partial charge in [-0.25, -0.2) is 4.99 Å². The second-order valence-electron chi connectivity index (χ2n) is 4.21. The summed E-state index contributed by atoms with van der Waals surface area (Å²) in [6, 6.07) is 20.7. The highest BCUT2D eigenvalue weighted by atomic mass is 32.2. The van der Waals surface area contributed by atoms with Crippen molar-refractivity contribution >= 4 is 22.6 Å². The Morgan fingerprint density at radius 3 is 2.25 bits per heavy atom. The molecule has 0 heterocycles. The zero-order valence-corrected chi connectivity index (χ0v) is 12.4. The lowest BCUT2D eigenvalue weighted by molar-refractivity contribution is 1.01. The summed E-state index contributed by atoms with van der Waals surface area (Å²) in [7, 11) is 0. The molecule has 102 valence electrons. The SMILES string of the molecule is C=C/N=C(\SC)N(Cc1ccccc1)c1ccccc1. The van der Waals surface area contributed by atoms with E-state index < -0.39 is 0 Å². The van der Waals surface area contributed by atoms with Gasteiger partial charge in [0.2, 0.25) is 0 Å². The van der Waals surface area contributed by atoms with Gasteiger partial charge in [-0.1, -0.05) is 66.9 Å². The van der Waals surface area contributed by atoms with E-state index >= 15 is 0 Å². The van der Waals surface area contributed by atoms with Crippen molar-refractivity contribution in [3.05, 3.63) is 79.0 Å². The number of aliphatic imine (C=N–C) groups is 1. The molecule has 0 aromatic heterocycles. The number of hydrogen-bond donors (Lipinski definition) is 0. The van der Waals surface area contributed by atoms with Crippen LogP contribution in [-0.4, -0.2) is 11.4 Å². The Balaban J connectivity index is 2.34. The van der Waals surface area contributed by atoms with E-state index in [4.69, 9.17) is 0 Å². The Morgan fingerprint density at radius 2 is 1.70 bits per heavy atom. The number of thioether (sulfide) groups is 1. The molecule has 0 aliphatic heterocycles. The summed E-state index contributed by atoms with van der Waals surface area (Å²) < 4.78 is 0. The molecular weight excluding hydrogens is 264 g/mol. The fourth-order valence-electron chi connectivity index (χ4n) is 1.95. The highest BCUT2D eigenvalue weighted by Crippen LogP contribution is 2.21. The molecule has 0 spiro atoms. The van der Waals surface area contributed by atoms with E-state index in [0.29, 0.717) is 0 Å². The van der Waals surface area contributed by atoms with Gasteiger partial charge in [-0.15, -0.1) is 0 Å². The molecule has 0 amide bonds. The Kier molecular flexibility index (Phi) is 5.44. The van der Waals surface area contributed by atoms with Crippen LogP contribution >= 0.6 is 11.8 Å². The number of anilines is 1. The first-order valence-corrected chi connectivity index (χ1v) is 7.67. The summed E-state index contributed by atoms with van der Waals surface area (Å²) in [5, 5.41) is 0.940. The molecule has 2 rings (SSSR count). The molecule has 0 saturated carbocycles. The molecule has 0 aliphatic rings. The number of para-hydroxylation sites is 1. The van der Waals surface area contributed by atoms with E-state index in [0.717, 1.165) is 17.4 Å². The molecule has 2 nitrogen and oxygen atoms in total. The predicted octanol–water partition coefficient (Wildman–Crippen LogP) is 4.56. The molecule has 0 fully saturated rings. The number of benzene rings is 2. The molecule has 2 aromatic rings. The Bertz CT molecular complexity index is 564. The summed E-state index contributed by atoms with van der Waals surface area (Å²) >= 11 is 1.62. The average Bonchev–Trinajstić information content (AvgIpc) is 2.52. The number of rotatable bonds is 4. The fraction of sp³-hybridized carbons (Fsp3) is 0.118. The first-order valence-electron chi connectivity index (χ1n) is 6.44. The van der Waals surface area contributed by atoms with Crippen LogP contribution in [0.15, 0.2) is 78.4 Å². The minimum absolute atomic E-state index is 0.790. The van der Waals surface area contributed by atoms with Crippen LogP contribution in [0.2, 0.25) is 0 Å². The van der Waals surface area contributed by atoms with Gasteiger partial charge in [-0.05, 0) is 24.0 Å². The van der Waals surface area contributed by atoms with Crippen molar-refractivity contribution in [3.63, 3.8) is 0 Å². The van der Waals surface area contributed by atoms with Gasteiger partial charge in [0.15, 0.2) is 5.17 Å². The maximum atomic E-state index is 4.38. The first kappa shape index (κ1) is 14.4. The molecule has 0 bridgehead atoms. The normalized spacial score (nSPS) is 11.2. The molecule has 3 heteroatoms. The van der Waals surface area contributed by atoms with E-state index in [1.54, 1.807) is 18.0 Å². The number of nitrogens with zero attached hydrogens (tertiary/aromatic N) is 2. The average molecular weight is 282 g/mol. The lowest BCUT2D eigenvalue weighted by atomic mass is 10.2. The molecule has 0 saturated heterocycles. The van der Waals surface area contributed by atoms with Crippen LogP contribution in [0.4, 0.5) is 5.69 Å². The fourth-order valence-corrected chi connectivity index (χ4v) is 2.52. The largest absolute Gasteiger partial charge is 0.317 e. The van der Waals surface area contributed by atoms with Crippen molar-refractivity contribution < 1.29 is 0 Å². The van der Waals surface area contributed by atoms with Crippen LogP contribution < -0.4 is 4.90 Å². The summed E-state index contributed by atoms with van der Waals surface area (Å²) in [6.07, 6.45) is 3.62. The minimum atomic E-state index is 0.790. The van der Waals surface area contributed by atoms with Gasteiger partial charge in [0.05, 0.1) is 6.54 Å². The molecule has 0 unspecified atom stereocenters. The van der Waals surface area contributed by atoms with Crippen LogP contribution in [0.25, 0.3) is 0 Å². The maximum Gasteiger partial charge on any atom is 0.168 e. The monoisotopic (exact) mass is 282 g/mol. The predicted molar refractivity (Wildman–Crippen MR) is 90.2 cm³/mol. The topological polar surface area (TPSA) is 15.6 Å². The van der Waals surface area contributed by atoms with Crippen molar-refractivity contribution in [2.45, 2.75) is 6.54 Å². The van der Waals surface area contributed by atoms with Crippen molar-refractivity contribution in [2.75, 3.05) is 11.2 Å². The third kappa shape index (κ3) is 3.75. The Labute approximate surface area is 124 Å². The van der Waals surface area contributed by atoms with Crippen LogP contribution in [0, 0.1) is 0 Å². The zero-order chi connectivity index (χ0) is 14.2. The quantitative estimate of drug-likeness (QED) is 0.603. The standard InChI is InChI=1S/C17H18N2S/c1-3-18-17(20-2)19(16-12-8-5-9-13-16)14-15-10-6-4-7-11-15/h3-13H,1,14H2,2H3/b18-17-. The maximum absolute atomic E-state index is 4.38. The van der Waals surface area contributed by atoms with Crippen molar-refractivity contribution in [3.8, 4) is 0 Å². The van der Waals surface area contributed by atoms with Gasteiger partial charge in [0, 0.05) is 11.9 Å². The number of hydrogen-bond acceptors (Lipinski definition) is 2. The molecule has 0 radical (unpaired) electrons. The molecular formula is C17H18N2S. The van der Waals surface area contributed by atoms with Crippen LogP contribution in [0.1, 0.15) is 5.56 Å². The van der Waals surface area contributed by atoms with Crippen LogP contribution in [0.3, 0.4) is 0 Å². The molecule has 0 atom stereocenters. The van der Waals surface area contributed by atoms with Crippen molar-refractivity contribution in [1.29, 1.82) is 0 Å². The lowest BCUT2D eigenvalue weighted by Gasteiger charge is -2.25. The van der Waals surface area contributed by atoms with Gasteiger partial charge in [-0.2, -0.15) is 0 Å². The lowest BCUT2D eigenvalue weighted by Crippen LogP contribution is -2.27. The van der Waals surface area contributed by atoms with Gasteiger partial charge in [0.25, 0.3) is 0 Å². The highest BCUT2D eigenvalue weighted by molar-refractivity contribution is 8.13. The Hall–Kier alpha value is -2.00. The van der Waals surface area contributed by atoms with Gasteiger partial charge < -0.3 is 4.90 Å². The van der Waals surface area contributed by atoms with Crippen LogP contribution in [-0.2, 0) is 6.54 Å². The summed E-state index contributed by atoms with van der Waals surface area (Å²) in [4.78, 5) is 6.58. The summed E-state index contributed by atoms with van der Waals surface area (Å²) in [5.41, 5.74) is 2.38. The van der Waals surface area contributed by atoms with Gasteiger partial charge >= 0.3 is 0 Å².